The van der Waals surface area contributed by atoms with Gasteiger partial charge in [0.2, 0.25) is 0 Å². The number of aryl methyl sites for hydroxylation is 2. The zero-order chi connectivity index (χ0) is 14.8. The van der Waals surface area contributed by atoms with Gasteiger partial charge in [-0.2, -0.15) is 0 Å². The summed E-state index contributed by atoms with van der Waals surface area (Å²) in [6.07, 6.45) is 4.38. The lowest BCUT2D eigenvalue weighted by Gasteiger charge is -2.19. The van der Waals surface area contributed by atoms with Gasteiger partial charge in [-0.1, -0.05) is 0 Å². The average molecular weight is 285 g/mol. The standard InChI is InChI=1S/C17H23N3O/c1-12-8-14(10-18-16-4-5-16)9-17(19-12)20(3)11-15-6-7-21-13(15)2/h6-9,16,18H,4-5,10-11H2,1-3H3. The molecule has 4 nitrogen and oxygen atoms in total. The third-order valence-corrected chi connectivity index (χ3v) is 3.94. The zero-order valence-corrected chi connectivity index (χ0v) is 13.0. The molecule has 0 atom stereocenters. The first-order valence-electron chi connectivity index (χ1n) is 7.57. The number of hydrogen-bond acceptors (Lipinski definition) is 4. The molecule has 2 aromatic heterocycles. The minimum absolute atomic E-state index is 0.730. The molecule has 3 rings (SSSR count). The number of furan rings is 1. The van der Waals surface area contributed by atoms with E-state index in [0.29, 0.717) is 0 Å². The largest absolute Gasteiger partial charge is 0.469 e. The van der Waals surface area contributed by atoms with Crippen LogP contribution in [-0.4, -0.2) is 18.1 Å². The van der Waals surface area contributed by atoms with Crippen molar-refractivity contribution < 1.29 is 4.42 Å². The molecule has 1 N–H and O–H groups in total. The molecule has 112 valence electrons. The molecule has 2 heterocycles. The van der Waals surface area contributed by atoms with Crippen molar-refractivity contribution in [1.29, 1.82) is 0 Å². The minimum Gasteiger partial charge on any atom is -0.469 e. The predicted molar refractivity (Wildman–Crippen MR) is 84.4 cm³/mol. The Balaban J connectivity index is 1.71. The van der Waals surface area contributed by atoms with Gasteiger partial charge in [-0.05, 0) is 50.5 Å². The maximum atomic E-state index is 5.36. The van der Waals surface area contributed by atoms with Gasteiger partial charge in [-0.3, -0.25) is 0 Å². The Labute approximate surface area is 126 Å². The second kappa shape index (κ2) is 5.90. The molecule has 0 radical (unpaired) electrons. The van der Waals surface area contributed by atoms with Crippen molar-refractivity contribution >= 4 is 5.82 Å². The van der Waals surface area contributed by atoms with Crippen LogP contribution in [0.15, 0.2) is 28.9 Å². The highest BCUT2D eigenvalue weighted by atomic mass is 16.3. The van der Waals surface area contributed by atoms with Crippen molar-refractivity contribution in [3.8, 4) is 0 Å². The molecule has 1 aliphatic rings. The Kier molecular flexibility index (Phi) is 3.97. The van der Waals surface area contributed by atoms with Gasteiger partial charge in [-0.15, -0.1) is 0 Å². The molecule has 4 heteroatoms. The molecule has 0 aliphatic heterocycles. The number of pyridine rings is 1. The van der Waals surface area contributed by atoms with Crippen LogP contribution in [0.3, 0.4) is 0 Å². The molecule has 0 aromatic carbocycles. The predicted octanol–water partition coefficient (Wildman–Crippen LogP) is 3.18. The fourth-order valence-corrected chi connectivity index (χ4v) is 2.48. The Morgan fingerprint density at radius 2 is 2.14 bits per heavy atom. The molecule has 0 unspecified atom stereocenters. The Morgan fingerprint density at radius 3 is 2.81 bits per heavy atom. The lowest BCUT2D eigenvalue weighted by Crippen LogP contribution is -2.20. The normalized spacial score (nSPS) is 14.4. The number of nitrogens with zero attached hydrogens (tertiary/aromatic N) is 2. The first-order valence-corrected chi connectivity index (χ1v) is 7.57. The Hall–Kier alpha value is -1.81. The monoisotopic (exact) mass is 285 g/mol. The molecule has 1 fully saturated rings. The fraction of sp³-hybridized carbons (Fsp3) is 0.471. The lowest BCUT2D eigenvalue weighted by molar-refractivity contribution is 0.529. The highest BCUT2D eigenvalue weighted by Gasteiger charge is 2.20. The summed E-state index contributed by atoms with van der Waals surface area (Å²) in [7, 11) is 2.08. The van der Waals surface area contributed by atoms with E-state index in [1.54, 1.807) is 6.26 Å². The van der Waals surface area contributed by atoms with E-state index in [2.05, 4.69) is 41.3 Å². The molecule has 0 spiro atoms. The topological polar surface area (TPSA) is 41.3 Å². The van der Waals surface area contributed by atoms with E-state index in [9.17, 15) is 0 Å². The van der Waals surface area contributed by atoms with Gasteiger partial charge in [0, 0.05) is 37.4 Å². The van der Waals surface area contributed by atoms with Gasteiger partial charge < -0.3 is 14.6 Å². The van der Waals surface area contributed by atoms with Gasteiger partial charge in [0.25, 0.3) is 0 Å². The quantitative estimate of drug-likeness (QED) is 0.885. The molecule has 2 aromatic rings. The van der Waals surface area contributed by atoms with Crippen LogP contribution in [0.2, 0.25) is 0 Å². The number of aromatic nitrogens is 1. The minimum atomic E-state index is 0.730. The third-order valence-electron chi connectivity index (χ3n) is 3.94. The number of anilines is 1. The zero-order valence-electron chi connectivity index (χ0n) is 13.0. The van der Waals surface area contributed by atoms with Crippen LogP contribution >= 0.6 is 0 Å². The van der Waals surface area contributed by atoms with E-state index in [1.807, 2.05) is 13.0 Å². The van der Waals surface area contributed by atoms with E-state index in [-0.39, 0.29) is 0 Å². The smallest absolute Gasteiger partial charge is 0.129 e. The molecule has 1 aliphatic carbocycles. The molecular weight excluding hydrogens is 262 g/mol. The van der Waals surface area contributed by atoms with Crippen LogP contribution in [0.25, 0.3) is 0 Å². The third kappa shape index (κ3) is 3.64. The van der Waals surface area contributed by atoms with Crippen LogP contribution < -0.4 is 10.2 Å². The van der Waals surface area contributed by atoms with Crippen molar-refractivity contribution in [3.63, 3.8) is 0 Å². The summed E-state index contributed by atoms with van der Waals surface area (Å²) in [6.45, 7) is 5.80. The summed E-state index contributed by atoms with van der Waals surface area (Å²) in [5, 5.41) is 3.56. The van der Waals surface area contributed by atoms with Crippen molar-refractivity contribution in [1.82, 2.24) is 10.3 Å². The first kappa shape index (κ1) is 14.1. The molecular formula is C17H23N3O. The molecule has 1 saturated carbocycles. The van der Waals surface area contributed by atoms with Crippen LogP contribution in [0, 0.1) is 13.8 Å². The van der Waals surface area contributed by atoms with Gasteiger partial charge in [0.05, 0.1) is 6.26 Å². The summed E-state index contributed by atoms with van der Waals surface area (Å²) in [5.41, 5.74) is 3.58. The van der Waals surface area contributed by atoms with Crippen molar-refractivity contribution in [2.45, 2.75) is 45.8 Å². The molecule has 0 amide bonds. The van der Waals surface area contributed by atoms with Crippen LogP contribution in [0.5, 0.6) is 0 Å². The summed E-state index contributed by atoms with van der Waals surface area (Å²) in [6, 6.07) is 7.10. The Morgan fingerprint density at radius 1 is 1.33 bits per heavy atom. The van der Waals surface area contributed by atoms with E-state index >= 15 is 0 Å². The number of nitrogens with one attached hydrogen (secondary N) is 1. The lowest BCUT2D eigenvalue weighted by atomic mass is 10.2. The average Bonchev–Trinajstić information content (AvgIpc) is 3.20. The van der Waals surface area contributed by atoms with E-state index in [1.165, 1.54) is 24.0 Å². The summed E-state index contributed by atoms with van der Waals surface area (Å²) >= 11 is 0. The summed E-state index contributed by atoms with van der Waals surface area (Å²) in [4.78, 5) is 6.83. The molecule has 0 saturated heterocycles. The highest BCUT2D eigenvalue weighted by molar-refractivity contribution is 5.43. The van der Waals surface area contributed by atoms with E-state index < -0.39 is 0 Å². The first-order chi connectivity index (χ1) is 10.1. The van der Waals surface area contributed by atoms with Crippen molar-refractivity contribution in [3.05, 3.63) is 47.0 Å². The fourth-order valence-electron chi connectivity index (χ4n) is 2.48. The van der Waals surface area contributed by atoms with Crippen molar-refractivity contribution in [2.24, 2.45) is 0 Å². The molecule has 21 heavy (non-hydrogen) atoms. The van der Waals surface area contributed by atoms with Crippen LogP contribution in [0.4, 0.5) is 5.82 Å². The van der Waals surface area contributed by atoms with Crippen molar-refractivity contribution in [2.75, 3.05) is 11.9 Å². The number of rotatable bonds is 6. The summed E-state index contributed by atoms with van der Waals surface area (Å²) in [5.74, 6) is 1.99. The van der Waals surface area contributed by atoms with E-state index in [0.717, 1.165) is 36.4 Å². The Bertz CT molecular complexity index is 616. The second-order valence-electron chi connectivity index (χ2n) is 5.99. The van der Waals surface area contributed by atoms with Gasteiger partial charge >= 0.3 is 0 Å². The van der Waals surface area contributed by atoms with Gasteiger partial charge in [-0.25, -0.2) is 4.98 Å². The van der Waals surface area contributed by atoms with Crippen LogP contribution in [-0.2, 0) is 13.1 Å². The van der Waals surface area contributed by atoms with Crippen LogP contribution in [0.1, 0.15) is 35.4 Å². The maximum absolute atomic E-state index is 5.36. The summed E-state index contributed by atoms with van der Waals surface area (Å²) < 4.78 is 5.36. The SMILES string of the molecule is Cc1cc(CNC2CC2)cc(N(C)Cc2ccoc2C)n1. The van der Waals surface area contributed by atoms with Gasteiger partial charge in [0.1, 0.15) is 11.6 Å². The van der Waals surface area contributed by atoms with E-state index in [4.69, 9.17) is 4.42 Å². The highest BCUT2D eigenvalue weighted by Crippen LogP contribution is 2.21. The maximum Gasteiger partial charge on any atom is 0.129 e. The van der Waals surface area contributed by atoms with Gasteiger partial charge in [0.15, 0.2) is 0 Å². The number of hydrogen-bond donors (Lipinski definition) is 1. The molecule has 0 bridgehead atoms. The second-order valence-corrected chi connectivity index (χ2v) is 5.99.